The van der Waals surface area contributed by atoms with Gasteiger partial charge in [0.2, 0.25) is 12.7 Å². The van der Waals surface area contributed by atoms with E-state index in [0.717, 1.165) is 50.9 Å². The normalized spacial score (nSPS) is 15.6. The molecule has 2 aromatic heterocycles. The second-order valence-corrected chi connectivity index (χ2v) is 24.4. The highest BCUT2D eigenvalue weighted by Gasteiger charge is 2.53. The van der Waals surface area contributed by atoms with E-state index in [-0.39, 0.29) is 0 Å². The van der Waals surface area contributed by atoms with Crippen LogP contribution in [0.5, 0.6) is 0 Å². The van der Waals surface area contributed by atoms with Crippen LogP contribution in [0.3, 0.4) is 0 Å². The fourth-order valence-electron chi connectivity index (χ4n) is 5.03. The molecule has 0 saturated heterocycles. The van der Waals surface area contributed by atoms with Crippen LogP contribution in [0, 0.1) is 0 Å². The maximum Gasteiger partial charge on any atom is 0.491 e. The first-order chi connectivity index (χ1) is 19.9. The van der Waals surface area contributed by atoms with Crippen molar-refractivity contribution in [2.24, 2.45) is 14.1 Å². The zero-order chi connectivity index (χ0) is 31.3. The largest absolute Gasteiger partial charge is 0.491 e. The average Bonchev–Trinajstić information content (AvgIpc) is 3.57. The zero-order valence-corrected chi connectivity index (χ0v) is 31.6. The maximum atomic E-state index is 7.19. The van der Waals surface area contributed by atoms with Crippen LogP contribution in [0.25, 0.3) is 0 Å². The Kier molecular flexibility index (Phi) is 15.4. The third-order valence-electron chi connectivity index (χ3n) is 7.39. The minimum Gasteiger partial charge on any atom is -0.416 e. The molecular weight excluding hydrogens is 609 g/mol. The van der Waals surface area contributed by atoms with Crippen LogP contribution in [0.4, 0.5) is 0 Å². The highest BCUT2D eigenvalue weighted by atomic mass is 28.5. The molecular formula is C26H56N4O8Si4+2. The molecule has 0 fully saturated rings. The molecule has 0 amide bonds. The Labute approximate surface area is 257 Å². The first kappa shape index (κ1) is 37.2. The minimum absolute atomic E-state index is 0.679. The van der Waals surface area contributed by atoms with Crippen molar-refractivity contribution in [1.82, 2.24) is 9.13 Å². The quantitative estimate of drug-likeness (QED) is 0.102. The SMILES string of the molecule is COCCCC[Si](C)(O[Si](C)(CCCn1cc[n+](C)c1)O[Si](C)(OC)OC)O[Si](CCCn1cc[n+](C)c1)(OC)OC. The van der Waals surface area contributed by atoms with Gasteiger partial charge < -0.3 is 34.8 Å². The summed E-state index contributed by atoms with van der Waals surface area (Å²) in [6.07, 6.45) is 15.9. The van der Waals surface area contributed by atoms with Crippen molar-refractivity contribution in [2.45, 2.75) is 76.5 Å². The van der Waals surface area contributed by atoms with Gasteiger partial charge in [-0.2, -0.15) is 0 Å². The lowest BCUT2D eigenvalue weighted by molar-refractivity contribution is -0.671. The Morgan fingerprint density at radius 1 is 0.595 bits per heavy atom. The summed E-state index contributed by atoms with van der Waals surface area (Å²) in [5.74, 6) is 0. The standard InChI is InChI=1S/C26H56N4O8Si4/c1-27-17-19-29(25-27)15-13-23-39(8,37-41(10,32-4)33-5)36-40(9,22-12-11-21-31-3)38-42(34-6,35-7)24-14-16-30-20-18-28(2)26-30/h17-20,25-26H,11-16,21-24H2,1-10H3/q+2. The molecule has 2 unspecified atom stereocenters. The Bertz CT molecular complexity index is 1040. The highest BCUT2D eigenvalue weighted by Crippen LogP contribution is 2.33. The minimum atomic E-state index is -3.06. The molecule has 0 radical (unpaired) electrons. The molecule has 42 heavy (non-hydrogen) atoms. The van der Waals surface area contributed by atoms with Gasteiger partial charge in [0.05, 0.1) is 27.2 Å². The van der Waals surface area contributed by atoms with Crippen LogP contribution in [0.15, 0.2) is 37.4 Å². The molecule has 0 aromatic carbocycles. The summed E-state index contributed by atoms with van der Waals surface area (Å²) < 4.78 is 58.5. The van der Waals surface area contributed by atoms with Crippen LogP contribution in [0.1, 0.15) is 25.7 Å². The maximum absolute atomic E-state index is 7.19. The summed E-state index contributed by atoms with van der Waals surface area (Å²) in [5.41, 5.74) is 0. The Balaban J connectivity index is 2.30. The number of aromatic nitrogens is 4. The fourth-order valence-corrected chi connectivity index (χ4v) is 21.9. The van der Waals surface area contributed by atoms with Crippen LogP contribution < -0.4 is 9.13 Å². The van der Waals surface area contributed by atoms with E-state index in [1.807, 2.05) is 42.2 Å². The van der Waals surface area contributed by atoms with E-state index in [4.69, 9.17) is 34.8 Å². The van der Waals surface area contributed by atoms with Crippen molar-refractivity contribution in [1.29, 1.82) is 0 Å². The van der Waals surface area contributed by atoms with E-state index in [1.54, 1.807) is 35.5 Å². The Morgan fingerprint density at radius 3 is 1.55 bits per heavy atom. The summed E-state index contributed by atoms with van der Waals surface area (Å²) in [6, 6.07) is 2.20. The number of nitrogens with zero attached hydrogens (tertiary/aromatic N) is 4. The van der Waals surface area contributed by atoms with Gasteiger partial charge in [0.15, 0.2) is 0 Å². The number of ether oxygens (including phenoxy) is 1. The molecule has 0 N–H and O–H groups in total. The van der Waals surface area contributed by atoms with Crippen molar-refractivity contribution in [3.8, 4) is 0 Å². The number of hydrogen-bond donors (Lipinski definition) is 0. The molecule has 0 saturated carbocycles. The van der Waals surface area contributed by atoms with E-state index >= 15 is 0 Å². The monoisotopic (exact) mass is 664 g/mol. The van der Waals surface area contributed by atoms with Gasteiger partial charge in [-0.15, -0.1) is 0 Å². The second-order valence-electron chi connectivity index (χ2n) is 11.2. The van der Waals surface area contributed by atoms with E-state index in [2.05, 4.69) is 47.3 Å². The molecule has 0 aliphatic carbocycles. The Hall–Kier alpha value is -1.03. The fraction of sp³-hybridized carbons (Fsp3) is 0.769. The van der Waals surface area contributed by atoms with Gasteiger partial charge in [0.25, 0.3) is 0 Å². The van der Waals surface area contributed by atoms with Gasteiger partial charge in [-0.1, -0.05) is 0 Å². The van der Waals surface area contributed by atoms with Gasteiger partial charge in [-0.25, -0.2) is 18.3 Å². The van der Waals surface area contributed by atoms with E-state index in [0.29, 0.717) is 12.7 Å². The number of aryl methyl sites for hydroxylation is 4. The van der Waals surface area contributed by atoms with E-state index in [9.17, 15) is 0 Å². The van der Waals surface area contributed by atoms with Gasteiger partial charge >= 0.3 is 34.7 Å². The predicted molar refractivity (Wildman–Crippen MR) is 168 cm³/mol. The Morgan fingerprint density at radius 2 is 1.10 bits per heavy atom. The van der Waals surface area contributed by atoms with Crippen molar-refractivity contribution in [3.05, 3.63) is 37.4 Å². The van der Waals surface area contributed by atoms with Gasteiger partial charge in [-0.3, -0.25) is 0 Å². The zero-order valence-electron chi connectivity index (χ0n) is 27.6. The number of imidazole rings is 2. The molecule has 2 rings (SSSR count). The van der Waals surface area contributed by atoms with E-state index < -0.39 is 34.7 Å². The first-order valence-corrected chi connectivity index (χ1v) is 23.9. The molecule has 0 aliphatic rings. The second kappa shape index (κ2) is 17.5. The number of methoxy groups -OCH3 is 1. The predicted octanol–water partition coefficient (Wildman–Crippen LogP) is 3.13. The van der Waals surface area contributed by atoms with Gasteiger partial charge in [0.1, 0.15) is 24.8 Å². The van der Waals surface area contributed by atoms with Gasteiger partial charge in [-0.05, 0) is 50.9 Å². The van der Waals surface area contributed by atoms with Crippen LogP contribution in [-0.4, -0.2) is 86.0 Å². The van der Waals surface area contributed by atoms with Crippen molar-refractivity contribution in [2.75, 3.05) is 42.2 Å². The molecule has 12 nitrogen and oxygen atoms in total. The highest BCUT2D eigenvalue weighted by molar-refractivity contribution is 6.87. The molecule has 2 aromatic rings. The lowest BCUT2D eigenvalue weighted by Gasteiger charge is -2.43. The van der Waals surface area contributed by atoms with Gasteiger partial charge in [0, 0.05) is 54.7 Å². The van der Waals surface area contributed by atoms with Crippen LogP contribution in [0.2, 0.25) is 37.8 Å². The third kappa shape index (κ3) is 12.2. The lowest BCUT2D eigenvalue weighted by Crippen LogP contribution is -2.62. The van der Waals surface area contributed by atoms with Crippen LogP contribution >= 0.6 is 0 Å². The lowest BCUT2D eigenvalue weighted by atomic mass is 10.4. The van der Waals surface area contributed by atoms with Crippen molar-refractivity contribution < 1.29 is 43.9 Å². The van der Waals surface area contributed by atoms with Crippen molar-refractivity contribution >= 4 is 34.7 Å². The number of unbranched alkanes of at least 4 members (excludes halogenated alkanes) is 1. The third-order valence-corrected chi connectivity index (χ3v) is 23.2. The average molecular weight is 665 g/mol. The summed E-state index contributed by atoms with van der Waals surface area (Å²) >= 11 is 0. The molecule has 0 aliphatic heterocycles. The van der Waals surface area contributed by atoms with Crippen LogP contribution in [-0.2, 0) is 62.0 Å². The first-order valence-electron chi connectivity index (χ1n) is 14.7. The topological polar surface area (TPSA) is 91.5 Å². The smallest absolute Gasteiger partial charge is 0.416 e. The molecule has 2 atom stereocenters. The molecule has 0 spiro atoms. The summed E-state index contributed by atoms with van der Waals surface area (Å²) in [6.45, 7) is 8.55. The summed E-state index contributed by atoms with van der Waals surface area (Å²) in [7, 11) is 0.664. The molecule has 2 heterocycles. The number of hydrogen-bond acceptors (Lipinski definition) is 8. The molecule has 242 valence electrons. The van der Waals surface area contributed by atoms with Crippen molar-refractivity contribution in [3.63, 3.8) is 0 Å². The molecule has 0 bridgehead atoms. The van der Waals surface area contributed by atoms with E-state index in [1.165, 1.54) is 0 Å². The number of rotatable bonds is 23. The summed E-state index contributed by atoms with van der Waals surface area (Å²) in [5, 5.41) is 0. The molecule has 16 heteroatoms. The summed E-state index contributed by atoms with van der Waals surface area (Å²) in [4.78, 5) is 0.